The van der Waals surface area contributed by atoms with E-state index in [2.05, 4.69) is 15.3 Å². The van der Waals surface area contributed by atoms with Gasteiger partial charge in [-0.1, -0.05) is 0 Å². The average molecular weight is 413 g/mol. The van der Waals surface area contributed by atoms with Crippen LogP contribution in [0.1, 0.15) is 18.1 Å². The smallest absolute Gasteiger partial charge is 0.421 e. The topological polar surface area (TPSA) is 74.1 Å². The summed E-state index contributed by atoms with van der Waals surface area (Å²) in [6.45, 7) is 2.40. The van der Waals surface area contributed by atoms with E-state index in [-0.39, 0.29) is 11.8 Å². The SMILES string of the molecule is CCOc1ccc(N(C)c2ncc(C(F)(F)F)c(Nc3ccc(C#N)cc3)n2)cc1. The number of hydrogen-bond donors (Lipinski definition) is 1. The van der Waals surface area contributed by atoms with E-state index in [1.165, 1.54) is 24.3 Å². The van der Waals surface area contributed by atoms with Gasteiger partial charge < -0.3 is 15.0 Å². The lowest BCUT2D eigenvalue weighted by Gasteiger charge is -2.20. The highest BCUT2D eigenvalue weighted by molar-refractivity contribution is 5.64. The monoisotopic (exact) mass is 413 g/mol. The predicted molar refractivity (Wildman–Crippen MR) is 107 cm³/mol. The Morgan fingerprint density at radius 3 is 2.33 bits per heavy atom. The van der Waals surface area contributed by atoms with Gasteiger partial charge in [-0.3, -0.25) is 0 Å². The quantitative estimate of drug-likeness (QED) is 0.593. The summed E-state index contributed by atoms with van der Waals surface area (Å²) in [7, 11) is 1.66. The van der Waals surface area contributed by atoms with Gasteiger partial charge in [0.05, 0.1) is 18.2 Å². The van der Waals surface area contributed by atoms with Crippen molar-refractivity contribution in [2.45, 2.75) is 13.1 Å². The minimum absolute atomic E-state index is 0.0864. The number of ether oxygens (including phenoxy) is 1. The van der Waals surface area contributed by atoms with E-state index in [4.69, 9.17) is 10.00 Å². The second kappa shape index (κ2) is 8.69. The highest BCUT2D eigenvalue weighted by Gasteiger charge is 2.35. The standard InChI is InChI=1S/C21H18F3N5O/c1-3-30-17-10-8-16(9-11-17)29(2)20-26-13-18(21(22,23)24)19(28-20)27-15-6-4-14(12-25)5-7-15/h4-11,13H,3H2,1-2H3,(H,26,27,28). The maximum atomic E-state index is 13.5. The third-order valence-corrected chi connectivity index (χ3v) is 4.19. The first-order valence-electron chi connectivity index (χ1n) is 9.00. The maximum Gasteiger partial charge on any atom is 0.421 e. The van der Waals surface area contributed by atoms with Crippen LogP contribution in [0.3, 0.4) is 0 Å². The van der Waals surface area contributed by atoms with Gasteiger partial charge in [-0.15, -0.1) is 0 Å². The molecule has 0 bridgehead atoms. The summed E-state index contributed by atoms with van der Waals surface area (Å²) in [4.78, 5) is 9.56. The van der Waals surface area contributed by atoms with Crippen molar-refractivity contribution in [1.29, 1.82) is 5.26 Å². The second-order valence-corrected chi connectivity index (χ2v) is 6.23. The highest BCUT2D eigenvalue weighted by atomic mass is 19.4. The number of hydrogen-bond acceptors (Lipinski definition) is 6. The Morgan fingerprint density at radius 2 is 1.77 bits per heavy atom. The number of anilines is 4. The number of nitrogens with one attached hydrogen (secondary N) is 1. The van der Waals surface area contributed by atoms with Crippen LogP contribution in [0.4, 0.5) is 36.3 Å². The molecular formula is C21H18F3N5O. The van der Waals surface area contributed by atoms with E-state index >= 15 is 0 Å². The Balaban J connectivity index is 1.94. The zero-order valence-corrected chi connectivity index (χ0v) is 16.2. The van der Waals surface area contributed by atoms with Crippen molar-refractivity contribution in [2.24, 2.45) is 0 Å². The van der Waals surface area contributed by atoms with Crippen LogP contribution in [0.2, 0.25) is 0 Å². The van der Waals surface area contributed by atoms with Gasteiger partial charge in [0.1, 0.15) is 17.1 Å². The number of nitrogens with zero attached hydrogens (tertiary/aromatic N) is 4. The van der Waals surface area contributed by atoms with E-state index in [0.29, 0.717) is 29.3 Å². The van der Waals surface area contributed by atoms with Gasteiger partial charge >= 0.3 is 6.18 Å². The molecule has 0 saturated carbocycles. The Kier molecular flexibility index (Phi) is 6.06. The lowest BCUT2D eigenvalue weighted by molar-refractivity contribution is -0.137. The Labute approximate surface area is 171 Å². The molecule has 0 aliphatic heterocycles. The van der Waals surface area contributed by atoms with Crippen LogP contribution in [-0.2, 0) is 6.18 Å². The molecule has 30 heavy (non-hydrogen) atoms. The molecule has 1 N–H and O–H groups in total. The third-order valence-electron chi connectivity index (χ3n) is 4.19. The zero-order chi connectivity index (χ0) is 21.7. The molecule has 154 valence electrons. The molecule has 3 rings (SSSR count). The Hall–Kier alpha value is -3.80. The number of nitriles is 1. The zero-order valence-electron chi connectivity index (χ0n) is 16.2. The summed E-state index contributed by atoms with van der Waals surface area (Å²) in [6, 6.07) is 15.0. The van der Waals surface area contributed by atoms with E-state index < -0.39 is 11.7 Å². The fourth-order valence-corrected chi connectivity index (χ4v) is 2.65. The Bertz CT molecular complexity index is 1040. The molecule has 3 aromatic rings. The minimum Gasteiger partial charge on any atom is -0.494 e. The lowest BCUT2D eigenvalue weighted by atomic mass is 10.2. The first kappa shape index (κ1) is 20.9. The lowest BCUT2D eigenvalue weighted by Crippen LogP contribution is -2.17. The minimum atomic E-state index is -4.63. The molecule has 0 radical (unpaired) electrons. The first-order chi connectivity index (χ1) is 14.3. The summed E-state index contributed by atoms with van der Waals surface area (Å²) in [6.07, 6.45) is -3.88. The summed E-state index contributed by atoms with van der Waals surface area (Å²) in [5, 5.41) is 11.5. The van der Waals surface area contributed by atoms with E-state index in [1.807, 2.05) is 13.0 Å². The highest BCUT2D eigenvalue weighted by Crippen LogP contribution is 2.36. The second-order valence-electron chi connectivity index (χ2n) is 6.23. The van der Waals surface area contributed by atoms with Gasteiger partial charge in [-0.25, -0.2) is 4.98 Å². The average Bonchev–Trinajstić information content (AvgIpc) is 2.74. The molecule has 0 amide bonds. The van der Waals surface area contributed by atoms with Gasteiger partial charge in [0.15, 0.2) is 0 Å². The molecule has 0 fully saturated rings. The van der Waals surface area contributed by atoms with Crippen LogP contribution in [0.5, 0.6) is 5.75 Å². The molecule has 0 aliphatic carbocycles. The molecule has 0 unspecified atom stereocenters. The molecule has 6 nitrogen and oxygen atoms in total. The number of rotatable bonds is 6. The van der Waals surface area contributed by atoms with Gasteiger partial charge in [0.2, 0.25) is 5.95 Å². The normalized spacial score (nSPS) is 10.9. The Morgan fingerprint density at radius 1 is 1.10 bits per heavy atom. The summed E-state index contributed by atoms with van der Waals surface area (Å²) < 4.78 is 45.8. The van der Waals surface area contributed by atoms with Crippen molar-refractivity contribution in [3.05, 3.63) is 65.9 Å². The number of halogens is 3. The molecular weight excluding hydrogens is 395 g/mol. The van der Waals surface area contributed by atoms with Crippen LogP contribution in [0, 0.1) is 11.3 Å². The number of benzene rings is 2. The number of aromatic nitrogens is 2. The molecule has 1 heterocycles. The van der Waals surface area contributed by atoms with Crippen LogP contribution in [0.15, 0.2) is 54.7 Å². The van der Waals surface area contributed by atoms with Crippen molar-refractivity contribution in [3.8, 4) is 11.8 Å². The number of alkyl halides is 3. The largest absolute Gasteiger partial charge is 0.494 e. The molecule has 1 aromatic heterocycles. The molecule has 0 atom stereocenters. The van der Waals surface area contributed by atoms with Crippen LogP contribution in [0.25, 0.3) is 0 Å². The summed E-state index contributed by atoms with van der Waals surface area (Å²) in [5.74, 6) is 0.393. The fraction of sp³-hybridized carbons (Fsp3) is 0.190. The summed E-state index contributed by atoms with van der Waals surface area (Å²) in [5.41, 5.74) is 0.460. The van der Waals surface area contributed by atoms with Crippen molar-refractivity contribution >= 4 is 23.1 Å². The van der Waals surface area contributed by atoms with Crippen molar-refractivity contribution in [3.63, 3.8) is 0 Å². The van der Waals surface area contributed by atoms with Gasteiger partial charge in [0.25, 0.3) is 0 Å². The van der Waals surface area contributed by atoms with E-state index in [1.54, 1.807) is 36.2 Å². The van der Waals surface area contributed by atoms with Crippen LogP contribution < -0.4 is 15.0 Å². The molecule has 0 spiro atoms. The maximum absolute atomic E-state index is 13.5. The van der Waals surface area contributed by atoms with Crippen molar-refractivity contribution < 1.29 is 17.9 Å². The van der Waals surface area contributed by atoms with Crippen molar-refractivity contribution in [1.82, 2.24) is 9.97 Å². The molecule has 9 heteroatoms. The molecule has 2 aromatic carbocycles. The fourth-order valence-electron chi connectivity index (χ4n) is 2.65. The predicted octanol–water partition coefficient (Wildman–Crippen LogP) is 5.28. The third kappa shape index (κ3) is 4.78. The summed E-state index contributed by atoms with van der Waals surface area (Å²) >= 11 is 0. The molecule has 0 saturated heterocycles. The van der Waals surface area contributed by atoms with Gasteiger partial charge in [-0.05, 0) is 55.5 Å². The first-order valence-corrected chi connectivity index (χ1v) is 9.00. The van der Waals surface area contributed by atoms with Gasteiger partial charge in [-0.2, -0.15) is 23.4 Å². The van der Waals surface area contributed by atoms with Crippen LogP contribution >= 0.6 is 0 Å². The molecule has 0 aliphatic rings. The van der Waals surface area contributed by atoms with E-state index in [9.17, 15) is 13.2 Å². The van der Waals surface area contributed by atoms with Crippen LogP contribution in [-0.4, -0.2) is 23.6 Å². The van der Waals surface area contributed by atoms with E-state index in [0.717, 1.165) is 6.20 Å². The van der Waals surface area contributed by atoms with Crippen molar-refractivity contribution in [2.75, 3.05) is 23.9 Å². The van der Waals surface area contributed by atoms with Gasteiger partial charge in [0, 0.05) is 24.6 Å².